The molecule has 0 radical (unpaired) electrons. The molecule has 302 valence electrons. The van der Waals surface area contributed by atoms with E-state index in [-0.39, 0.29) is 0 Å². The summed E-state index contributed by atoms with van der Waals surface area (Å²) in [7, 11) is 0. The molecule has 1 aromatic heterocycles. The molecule has 1 rings (SSSR count). The first-order valence-electron chi connectivity index (χ1n) is 24.3. The van der Waals surface area contributed by atoms with Gasteiger partial charge in [-0.1, -0.05) is 258 Å². The monoisotopic (exact) mass is 713 g/mol. The van der Waals surface area contributed by atoms with Gasteiger partial charge in [-0.25, -0.2) is 4.98 Å². The summed E-state index contributed by atoms with van der Waals surface area (Å²) >= 11 is 0. The van der Waals surface area contributed by atoms with Crippen molar-refractivity contribution in [3.05, 3.63) is 18.2 Å². The van der Waals surface area contributed by atoms with Crippen LogP contribution in [0.15, 0.2) is 12.4 Å². The van der Waals surface area contributed by atoms with Crippen molar-refractivity contribution >= 4 is 0 Å². The Balaban J connectivity index is 2.28. The molecule has 2 heteroatoms. The standard InChI is InChI=1S/C49H96N2/c1-5-8-11-14-17-19-21-23-25-27-29-31-34-36-39-42-47(4)51-46-45-50-49(51)48(43-40-37-33-16-13-10-7-3)44-41-38-35-32-30-28-26-24-22-20-18-15-12-9-6-2/h45-48H,5-44H2,1-4H3. The Hall–Kier alpha value is -0.790. The van der Waals surface area contributed by atoms with E-state index in [1.807, 2.05) is 0 Å². The van der Waals surface area contributed by atoms with Crippen LogP contribution in [0.3, 0.4) is 0 Å². The fraction of sp³-hybridized carbons (Fsp3) is 0.939. The molecule has 0 aliphatic carbocycles. The summed E-state index contributed by atoms with van der Waals surface area (Å²) in [5, 5.41) is 0. The molecule has 2 unspecified atom stereocenters. The van der Waals surface area contributed by atoms with Gasteiger partial charge in [0.1, 0.15) is 5.82 Å². The van der Waals surface area contributed by atoms with Gasteiger partial charge in [0.2, 0.25) is 0 Å². The normalized spacial score (nSPS) is 12.9. The number of hydrogen-bond acceptors (Lipinski definition) is 1. The van der Waals surface area contributed by atoms with Crippen molar-refractivity contribution in [3.63, 3.8) is 0 Å². The lowest BCUT2D eigenvalue weighted by atomic mass is 9.92. The fourth-order valence-electron chi connectivity index (χ4n) is 8.48. The minimum atomic E-state index is 0.585. The summed E-state index contributed by atoms with van der Waals surface area (Å²) in [5.41, 5.74) is 0. The third-order valence-corrected chi connectivity index (χ3v) is 12.1. The second-order valence-electron chi connectivity index (χ2n) is 17.1. The number of aromatic nitrogens is 2. The molecule has 51 heavy (non-hydrogen) atoms. The molecule has 0 aromatic carbocycles. The zero-order valence-corrected chi connectivity index (χ0v) is 36.0. The zero-order chi connectivity index (χ0) is 36.7. The third kappa shape index (κ3) is 30.3. The lowest BCUT2D eigenvalue weighted by Gasteiger charge is -2.22. The highest BCUT2D eigenvalue weighted by atomic mass is 15.1. The SMILES string of the molecule is CCCCCCCCCCCCCCCCCC(CCCCCCCCC)c1nccn1C(C)CCCCCCCCCCCCCCCCC. The minimum absolute atomic E-state index is 0.585. The molecular formula is C49H96N2. The summed E-state index contributed by atoms with van der Waals surface area (Å²) in [6, 6.07) is 0.585. The van der Waals surface area contributed by atoms with Gasteiger partial charge in [0, 0.05) is 24.4 Å². The van der Waals surface area contributed by atoms with Crippen LogP contribution in [0.25, 0.3) is 0 Å². The van der Waals surface area contributed by atoms with Gasteiger partial charge in [0.25, 0.3) is 0 Å². The molecule has 0 saturated heterocycles. The molecule has 0 bridgehead atoms. The maximum Gasteiger partial charge on any atom is 0.111 e. The predicted octanol–water partition coefficient (Wildman–Crippen LogP) is 18.2. The van der Waals surface area contributed by atoms with E-state index in [9.17, 15) is 0 Å². The van der Waals surface area contributed by atoms with Crippen LogP contribution in [0.5, 0.6) is 0 Å². The van der Waals surface area contributed by atoms with E-state index in [0.29, 0.717) is 12.0 Å². The average molecular weight is 713 g/mol. The van der Waals surface area contributed by atoms with E-state index in [1.165, 1.54) is 263 Å². The minimum Gasteiger partial charge on any atom is -0.332 e. The fourth-order valence-corrected chi connectivity index (χ4v) is 8.48. The van der Waals surface area contributed by atoms with Gasteiger partial charge < -0.3 is 4.57 Å². The van der Waals surface area contributed by atoms with Gasteiger partial charge in [-0.2, -0.15) is 0 Å². The van der Waals surface area contributed by atoms with Gasteiger partial charge in [-0.3, -0.25) is 0 Å². The molecular weight excluding hydrogens is 617 g/mol. The Labute approximate surface area is 323 Å². The lowest BCUT2D eigenvalue weighted by molar-refractivity contribution is 0.412. The van der Waals surface area contributed by atoms with Crippen LogP contribution in [-0.2, 0) is 0 Å². The largest absolute Gasteiger partial charge is 0.332 e. The first-order valence-corrected chi connectivity index (χ1v) is 24.3. The third-order valence-electron chi connectivity index (χ3n) is 12.1. The molecule has 0 N–H and O–H groups in total. The Kier molecular flexibility index (Phi) is 36.8. The number of nitrogens with zero attached hydrogens (tertiary/aromatic N) is 2. The van der Waals surface area contributed by atoms with E-state index < -0.39 is 0 Å². The summed E-state index contributed by atoms with van der Waals surface area (Å²) in [5.74, 6) is 2.07. The Morgan fingerprint density at radius 1 is 0.373 bits per heavy atom. The van der Waals surface area contributed by atoms with Crippen LogP contribution in [-0.4, -0.2) is 9.55 Å². The Bertz CT molecular complexity index is 783. The topological polar surface area (TPSA) is 17.8 Å². The quantitative estimate of drug-likeness (QED) is 0.0617. The molecule has 2 nitrogen and oxygen atoms in total. The molecule has 0 aliphatic rings. The first kappa shape index (κ1) is 48.2. The maximum atomic E-state index is 5.05. The van der Waals surface area contributed by atoms with Crippen LogP contribution in [0, 0.1) is 0 Å². The molecule has 0 amide bonds. The number of unbranched alkanes of at least 4 members (excludes halogenated alkanes) is 34. The van der Waals surface area contributed by atoms with Crippen molar-refractivity contribution in [3.8, 4) is 0 Å². The van der Waals surface area contributed by atoms with Crippen LogP contribution >= 0.6 is 0 Å². The van der Waals surface area contributed by atoms with Crippen LogP contribution in [0.4, 0.5) is 0 Å². The van der Waals surface area contributed by atoms with Crippen molar-refractivity contribution in [1.29, 1.82) is 0 Å². The Morgan fingerprint density at radius 2 is 0.627 bits per heavy atom. The Morgan fingerprint density at radius 3 is 0.922 bits per heavy atom. The summed E-state index contributed by atoms with van der Waals surface area (Å²) < 4.78 is 2.60. The van der Waals surface area contributed by atoms with Gasteiger partial charge in [-0.15, -0.1) is 0 Å². The van der Waals surface area contributed by atoms with Gasteiger partial charge in [0.15, 0.2) is 0 Å². The predicted molar refractivity (Wildman–Crippen MR) is 231 cm³/mol. The molecule has 0 fully saturated rings. The van der Waals surface area contributed by atoms with Gasteiger partial charge >= 0.3 is 0 Å². The van der Waals surface area contributed by atoms with Crippen LogP contribution in [0.1, 0.15) is 302 Å². The van der Waals surface area contributed by atoms with Crippen molar-refractivity contribution in [2.45, 2.75) is 296 Å². The lowest BCUT2D eigenvalue weighted by Crippen LogP contribution is -2.13. The second-order valence-corrected chi connectivity index (χ2v) is 17.1. The van der Waals surface area contributed by atoms with E-state index in [2.05, 4.69) is 44.7 Å². The average Bonchev–Trinajstić information content (AvgIpc) is 3.63. The summed E-state index contributed by atoms with van der Waals surface area (Å²) in [6.45, 7) is 9.42. The molecule has 1 aromatic rings. The smallest absolute Gasteiger partial charge is 0.111 e. The van der Waals surface area contributed by atoms with Crippen molar-refractivity contribution in [2.75, 3.05) is 0 Å². The zero-order valence-electron chi connectivity index (χ0n) is 36.0. The number of hydrogen-bond donors (Lipinski definition) is 0. The molecule has 1 heterocycles. The van der Waals surface area contributed by atoms with Crippen LogP contribution < -0.4 is 0 Å². The van der Waals surface area contributed by atoms with E-state index in [4.69, 9.17) is 4.98 Å². The number of rotatable bonds is 42. The maximum absolute atomic E-state index is 5.05. The highest BCUT2D eigenvalue weighted by Gasteiger charge is 2.19. The van der Waals surface area contributed by atoms with E-state index in [0.717, 1.165) is 0 Å². The van der Waals surface area contributed by atoms with Crippen molar-refractivity contribution in [1.82, 2.24) is 9.55 Å². The highest BCUT2D eigenvalue weighted by Crippen LogP contribution is 2.31. The first-order chi connectivity index (χ1) is 25.2. The summed E-state index contributed by atoms with van der Waals surface area (Å²) in [6.07, 6.45) is 61.6. The summed E-state index contributed by atoms with van der Waals surface area (Å²) in [4.78, 5) is 5.05. The number of imidazole rings is 1. The van der Waals surface area contributed by atoms with Gasteiger partial charge in [0.05, 0.1) is 0 Å². The molecule has 2 atom stereocenters. The van der Waals surface area contributed by atoms with E-state index >= 15 is 0 Å². The van der Waals surface area contributed by atoms with E-state index in [1.54, 1.807) is 0 Å². The van der Waals surface area contributed by atoms with Crippen molar-refractivity contribution in [2.24, 2.45) is 0 Å². The molecule has 0 saturated carbocycles. The van der Waals surface area contributed by atoms with Crippen molar-refractivity contribution < 1.29 is 0 Å². The molecule has 0 spiro atoms. The highest BCUT2D eigenvalue weighted by molar-refractivity contribution is 5.02. The second kappa shape index (κ2) is 38.9. The van der Waals surface area contributed by atoms with Crippen LogP contribution in [0.2, 0.25) is 0 Å². The van der Waals surface area contributed by atoms with Gasteiger partial charge in [-0.05, 0) is 26.2 Å². The molecule has 0 aliphatic heterocycles.